The fourth-order valence-corrected chi connectivity index (χ4v) is 5.25. The molecule has 1 atom stereocenters. The van der Waals surface area contributed by atoms with Gasteiger partial charge in [0.2, 0.25) is 17.5 Å². The first-order valence-electron chi connectivity index (χ1n) is 15.6. The van der Waals surface area contributed by atoms with Gasteiger partial charge in [0.1, 0.15) is 17.1 Å². The van der Waals surface area contributed by atoms with E-state index in [4.69, 9.17) is 5.84 Å². The molecule has 0 saturated carbocycles. The Labute approximate surface area is 282 Å². The van der Waals surface area contributed by atoms with Crippen LogP contribution in [0.25, 0.3) is 0 Å². The zero-order valence-corrected chi connectivity index (χ0v) is 26.7. The Morgan fingerprint density at radius 2 is 0.745 bits per heavy atom. The van der Waals surface area contributed by atoms with Crippen LogP contribution >= 0.6 is 0 Å². The number of nitrogens with two attached hydrogens (primary N) is 1. The van der Waals surface area contributed by atoms with Crippen molar-refractivity contribution in [3.05, 3.63) is 87.3 Å². The number of hydrogen-bond donors (Lipinski definition) is 2. The van der Waals surface area contributed by atoms with Gasteiger partial charge in [-0.15, -0.1) is 0 Å². The predicted octanol–water partition coefficient (Wildman–Crippen LogP) is 10.3. The monoisotopic (exact) mass is 756 g/mol. The molecule has 3 aromatic rings. The highest BCUT2D eigenvalue weighted by molar-refractivity contribution is 5.79. The maximum absolute atomic E-state index is 14.3. The van der Waals surface area contributed by atoms with Crippen molar-refractivity contribution in [2.75, 3.05) is 18.0 Å². The summed E-state index contributed by atoms with van der Waals surface area (Å²) in [6, 6.07) is 0. The van der Waals surface area contributed by atoms with Crippen LogP contribution in [0.15, 0.2) is 0 Å². The summed E-state index contributed by atoms with van der Waals surface area (Å²) in [6.45, 7) is 4.33. The molecule has 0 radical (unpaired) electrons. The maximum Gasteiger partial charge on any atom is 0.200 e. The molecule has 4 nitrogen and oxygen atoms in total. The van der Waals surface area contributed by atoms with Gasteiger partial charge in [-0.05, 0) is 6.42 Å². The summed E-state index contributed by atoms with van der Waals surface area (Å²) >= 11 is 0. The quantitative estimate of drug-likeness (QED) is 0.0600. The molecule has 1 unspecified atom stereocenters. The van der Waals surface area contributed by atoms with Gasteiger partial charge in [0.15, 0.2) is 69.8 Å². The summed E-state index contributed by atoms with van der Waals surface area (Å²) in [5.41, 5.74) is -8.53. The van der Waals surface area contributed by atoms with E-state index in [0.717, 1.165) is 13.1 Å². The van der Waals surface area contributed by atoms with Crippen molar-refractivity contribution in [3.8, 4) is 0 Å². The van der Waals surface area contributed by atoms with Gasteiger partial charge in [-0.25, -0.2) is 70.9 Å². The Bertz CT molecular complexity index is 1450. The number of nitrogens with one attached hydrogen (secondary N) is 1. The maximum atomic E-state index is 14.3. The largest absolute Gasteiger partial charge is 0.299 e. The van der Waals surface area contributed by atoms with Crippen molar-refractivity contribution in [1.82, 2.24) is 10.3 Å². The molecule has 0 bridgehead atoms. The van der Waals surface area contributed by atoms with Crippen LogP contribution in [0, 0.1) is 87.3 Å². The lowest BCUT2D eigenvalue weighted by atomic mass is 10.1. The van der Waals surface area contributed by atoms with E-state index in [2.05, 4.69) is 12.2 Å². The van der Waals surface area contributed by atoms with E-state index in [1.807, 2.05) is 5.01 Å². The first-order chi connectivity index (χ1) is 24.0. The Hall–Kier alpha value is -3.71. The minimum atomic E-state index is -3.12. The third kappa shape index (κ3) is 8.85. The highest BCUT2D eigenvalue weighted by Crippen LogP contribution is 2.46. The highest BCUT2D eigenvalue weighted by atomic mass is 19.2. The summed E-state index contributed by atoms with van der Waals surface area (Å²) < 4.78 is 208. The lowest BCUT2D eigenvalue weighted by molar-refractivity contribution is 0.231. The number of hydrazine groups is 1. The molecule has 0 spiro atoms. The lowest BCUT2D eigenvalue weighted by Gasteiger charge is -2.28. The summed E-state index contributed by atoms with van der Waals surface area (Å²) in [5, 5.41) is 5.38. The van der Waals surface area contributed by atoms with Gasteiger partial charge in [0, 0.05) is 13.1 Å². The fraction of sp³-hybridized carbons (Fsp3) is 0.438. The first-order valence-corrected chi connectivity index (χ1v) is 15.6. The van der Waals surface area contributed by atoms with Crippen LogP contribution in [0.3, 0.4) is 0 Å². The molecule has 3 N–H and O–H groups in total. The molecule has 1 heterocycles. The van der Waals surface area contributed by atoms with E-state index in [9.17, 15) is 65.9 Å². The van der Waals surface area contributed by atoms with Gasteiger partial charge in [-0.1, -0.05) is 64.7 Å². The first kappa shape index (κ1) is 41.7. The fourth-order valence-electron chi connectivity index (χ4n) is 5.25. The molecule has 4 rings (SSSR count). The average molecular weight is 757 g/mol. The number of hydrogen-bond acceptors (Lipinski definition) is 4. The highest BCUT2D eigenvalue weighted by Gasteiger charge is 2.41. The van der Waals surface area contributed by atoms with Crippen LogP contribution in [-0.4, -0.2) is 24.3 Å². The van der Waals surface area contributed by atoms with Crippen LogP contribution in [0.4, 0.5) is 82.9 Å². The zero-order valence-electron chi connectivity index (χ0n) is 26.7. The second-order valence-corrected chi connectivity index (χ2v) is 11.4. The van der Waals surface area contributed by atoms with Crippen LogP contribution in [0.2, 0.25) is 0 Å². The van der Waals surface area contributed by atoms with Gasteiger partial charge in [-0.2, -0.15) is 0 Å². The van der Waals surface area contributed by atoms with Gasteiger partial charge in [0.05, 0.1) is 6.17 Å². The van der Waals surface area contributed by atoms with E-state index in [0.29, 0.717) is 6.17 Å². The average Bonchev–Trinajstić information content (AvgIpc) is 3.53. The molecule has 1 aliphatic rings. The number of unbranched alkanes of at least 4 members (excludes halogenated alkanes) is 8. The molecule has 0 aliphatic carbocycles. The van der Waals surface area contributed by atoms with E-state index in [1.165, 1.54) is 64.2 Å². The van der Waals surface area contributed by atoms with Gasteiger partial charge in [-0.3, -0.25) is 16.1 Å². The van der Waals surface area contributed by atoms with Crippen LogP contribution in [0.1, 0.15) is 71.1 Å². The second kappa shape index (κ2) is 18.2. The minimum absolute atomic E-state index is 0.444. The third-order valence-electron chi connectivity index (χ3n) is 7.96. The van der Waals surface area contributed by atoms with Crippen LogP contribution in [0.5, 0.6) is 0 Å². The Balaban J connectivity index is 0.000000347. The topological polar surface area (TPSA) is 44.5 Å². The van der Waals surface area contributed by atoms with E-state index in [1.54, 1.807) is 0 Å². The SMILES string of the molecule is CCCCCCCCCCCC1NCCN1N.Fc1c(F)c(F)c(N(c2c(F)c(F)c(F)c(F)c2F)c2c(F)c(F)c(F)c(F)c2F)c(F)c1F. The lowest BCUT2D eigenvalue weighted by Crippen LogP contribution is -2.40. The molecule has 284 valence electrons. The van der Waals surface area contributed by atoms with Crippen molar-refractivity contribution < 1.29 is 65.9 Å². The summed E-state index contributed by atoms with van der Waals surface area (Å²) in [6.07, 6.45) is 14.3. The standard InChI is InChI=1S/C18F15N.C14H31N3/c19-1-4(22)10(28)16(11(29)5(1)23)34(17-12(30)6(24)2(20)7(25)13(17)31)18-14(32)8(26)3(21)9(27)15(18)33;1-2-3-4-5-6-7-8-9-10-11-14-16-12-13-17(14)15/h;14,16H,2-13,15H2,1H3. The van der Waals surface area contributed by atoms with E-state index in [-0.39, 0.29) is 0 Å². The second-order valence-electron chi connectivity index (χ2n) is 11.4. The summed E-state index contributed by atoms with van der Waals surface area (Å²) in [5.74, 6) is -40.1. The molecule has 0 amide bonds. The van der Waals surface area contributed by atoms with Crippen molar-refractivity contribution >= 4 is 17.1 Å². The van der Waals surface area contributed by atoms with Crippen molar-refractivity contribution in [2.45, 2.75) is 77.3 Å². The number of anilines is 3. The van der Waals surface area contributed by atoms with E-state index >= 15 is 0 Å². The molecular formula is C32H31F15N4. The smallest absolute Gasteiger partial charge is 0.200 e. The molecular weight excluding hydrogens is 725 g/mol. The Morgan fingerprint density at radius 1 is 0.471 bits per heavy atom. The molecule has 1 fully saturated rings. The molecule has 19 heteroatoms. The zero-order chi connectivity index (χ0) is 38.3. The third-order valence-corrected chi connectivity index (χ3v) is 7.96. The predicted molar refractivity (Wildman–Crippen MR) is 155 cm³/mol. The molecule has 1 aliphatic heterocycles. The normalized spacial score (nSPS) is 14.6. The number of halogens is 15. The van der Waals surface area contributed by atoms with Crippen LogP contribution in [-0.2, 0) is 0 Å². The van der Waals surface area contributed by atoms with Gasteiger partial charge in [0.25, 0.3) is 0 Å². The van der Waals surface area contributed by atoms with Crippen LogP contribution < -0.4 is 16.1 Å². The molecule has 3 aromatic carbocycles. The molecule has 0 aromatic heterocycles. The summed E-state index contributed by atoms with van der Waals surface area (Å²) in [7, 11) is 0. The number of benzene rings is 3. The number of nitrogens with zero attached hydrogens (tertiary/aromatic N) is 2. The van der Waals surface area contributed by atoms with Crippen molar-refractivity contribution in [2.24, 2.45) is 5.84 Å². The van der Waals surface area contributed by atoms with Gasteiger partial charge < -0.3 is 0 Å². The minimum Gasteiger partial charge on any atom is -0.299 e. The van der Waals surface area contributed by atoms with Gasteiger partial charge >= 0.3 is 0 Å². The van der Waals surface area contributed by atoms with E-state index < -0.39 is 109 Å². The van der Waals surface area contributed by atoms with Crippen molar-refractivity contribution in [3.63, 3.8) is 0 Å². The summed E-state index contributed by atoms with van der Waals surface area (Å²) in [4.78, 5) is -1.55. The molecule has 51 heavy (non-hydrogen) atoms. The number of rotatable bonds is 13. The molecule has 1 saturated heterocycles. The Kier molecular flexibility index (Phi) is 14.9. The Morgan fingerprint density at radius 3 is 1.02 bits per heavy atom. The van der Waals surface area contributed by atoms with Crippen molar-refractivity contribution in [1.29, 1.82) is 0 Å².